The number of methoxy groups -OCH3 is 2. The SMILES string of the molecule is COc1ccc(C(=O)OCc2ccc(-n3cccn3)cc2)c(OC)c1. The van der Waals surface area contributed by atoms with Crippen LogP contribution < -0.4 is 9.47 Å². The monoisotopic (exact) mass is 338 g/mol. The summed E-state index contributed by atoms with van der Waals surface area (Å²) >= 11 is 0. The van der Waals surface area contributed by atoms with Crippen LogP contribution in [0.3, 0.4) is 0 Å². The number of hydrogen-bond acceptors (Lipinski definition) is 5. The van der Waals surface area contributed by atoms with E-state index in [1.54, 1.807) is 36.2 Å². The number of benzene rings is 2. The van der Waals surface area contributed by atoms with Crippen molar-refractivity contribution in [3.05, 3.63) is 72.1 Å². The molecule has 25 heavy (non-hydrogen) atoms. The standard InChI is InChI=1S/C19H18N2O4/c1-23-16-8-9-17(18(12-16)24-2)19(22)25-13-14-4-6-15(7-5-14)21-11-3-10-20-21/h3-12H,13H2,1-2H3. The molecule has 6 nitrogen and oxygen atoms in total. The molecule has 0 radical (unpaired) electrons. The van der Waals surface area contributed by atoms with Crippen molar-refractivity contribution in [1.82, 2.24) is 9.78 Å². The van der Waals surface area contributed by atoms with Crippen LogP contribution in [0.4, 0.5) is 0 Å². The number of carbonyl (C=O) groups excluding carboxylic acids is 1. The maximum Gasteiger partial charge on any atom is 0.342 e. The minimum atomic E-state index is -0.448. The van der Waals surface area contributed by atoms with Gasteiger partial charge in [-0.05, 0) is 35.9 Å². The predicted octanol–water partition coefficient (Wildman–Crippen LogP) is 3.25. The van der Waals surface area contributed by atoms with E-state index in [-0.39, 0.29) is 6.61 Å². The van der Waals surface area contributed by atoms with Crippen LogP contribution in [0.5, 0.6) is 11.5 Å². The molecule has 2 aromatic carbocycles. The lowest BCUT2D eigenvalue weighted by Gasteiger charge is -2.10. The molecule has 0 N–H and O–H groups in total. The second-order valence-corrected chi connectivity index (χ2v) is 5.26. The van der Waals surface area contributed by atoms with Gasteiger partial charge >= 0.3 is 5.97 Å². The molecular weight excluding hydrogens is 320 g/mol. The van der Waals surface area contributed by atoms with Crippen LogP contribution in [0.2, 0.25) is 0 Å². The second-order valence-electron chi connectivity index (χ2n) is 5.26. The van der Waals surface area contributed by atoms with E-state index >= 15 is 0 Å². The smallest absolute Gasteiger partial charge is 0.342 e. The van der Waals surface area contributed by atoms with Gasteiger partial charge in [-0.2, -0.15) is 5.10 Å². The molecule has 6 heteroatoms. The summed E-state index contributed by atoms with van der Waals surface area (Å²) < 4.78 is 17.5. The van der Waals surface area contributed by atoms with E-state index in [0.29, 0.717) is 17.1 Å². The molecule has 0 saturated heterocycles. The Bertz CT molecular complexity index is 842. The molecular formula is C19H18N2O4. The van der Waals surface area contributed by atoms with Gasteiger partial charge in [-0.3, -0.25) is 0 Å². The van der Waals surface area contributed by atoms with E-state index in [4.69, 9.17) is 14.2 Å². The lowest BCUT2D eigenvalue weighted by Crippen LogP contribution is -2.07. The van der Waals surface area contributed by atoms with Crippen molar-refractivity contribution in [3.8, 4) is 17.2 Å². The Morgan fingerprint density at radius 2 is 1.88 bits per heavy atom. The van der Waals surface area contributed by atoms with E-state index in [1.165, 1.54) is 7.11 Å². The quantitative estimate of drug-likeness (QED) is 0.646. The molecule has 0 atom stereocenters. The van der Waals surface area contributed by atoms with Crippen LogP contribution in [0.1, 0.15) is 15.9 Å². The number of hydrogen-bond donors (Lipinski definition) is 0. The third-order valence-corrected chi connectivity index (χ3v) is 3.70. The van der Waals surface area contributed by atoms with E-state index < -0.39 is 5.97 Å². The van der Waals surface area contributed by atoms with Gasteiger partial charge in [0.1, 0.15) is 23.7 Å². The summed E-state index contributed by atoms with van der Waals surface area (Å²) in [6.07, 6.45) is 3.59. The molecule has 3 rings (SSSR count). The third-order valence-electron chi connectivity index (χ3n) is 3.70. The molecule has 0 unspecified atom stereocenters. The average molecular weight is 338 g/mol. The van der Waals surface area contributed by atoms with Crippen LogP contribution in [0.25, 0.3) is 5.69 Å². The van der Waals surface area contributed by atoms with Gasteiger partial charge in [-0.1, -0.05) is 12.1 Å². The maximum absolute atomic E-state index is 12.3. The summed E-state index contributed by atoms with van der Waals surface area (Å²) in [5.41, 5.74) is 2.19. The van der Waals surface area contributed by atoms with Crippen LogP contribution in [0, 0.1) is 0 Å². The normalized spacial score (nSPS) is 10.3. The summed E-state index contributed by atoms with van der Waals surface area (Å²) in [5.74, 6) is 0.580. The van der Waals surface area contributed by atoms with Gasteiger partial charge in [-0.15, -0.1) is 0 Å². The first-order chi connectivity index (χ1) is 12.2. The van der Waals surface area contributed by atoms with Crippen molar-refractivity contribution in [3.63, 3.8) is 0 Å². The van der Waals surface area contributed by atoms with Gasteiger partial charge in [0.2, 0.25) is 0 Å². The molecule has 128 valence electrons. The largest absolute Gasteiger partial charge is 0.497 e. The summed E-state index contributed by atoms with van der Waals surface area (Å²) in [4.78, 5) is 12.3. The van der Waals surface area contributed by atoms with Crippen molar-refractivity contribution in [2.45, 2.75) is 6.61 Å². The Hall–Kier alpha value is -3.28. The first-order valence-corrected chi connectivity index (χ1v) is 7.69. The zero-order valence-corrected chi connectivity index (χ0v) is 14.0. The number of ether oxygens (including phenoxy) is 3. The highest BCUT2D eigenvalue weighted by molar-refractivity contribution is 5.92. The fourth-order valence-corrected chi connectivity index (χ4v) is 2.36. The first kappa shape index (κ1) is 16.6. The summed E-state index contributed by atoms with van der Waals surface area (Å²) in [6.45, 7) is 0.174. The van der Waals surface area contributed by atoms with Crippen molar-refractivity contribution in [2.75, 3.05) is 14.2 Å². The van der Waals surface area contributed by atoms with Crippen molar-refractivity contribution in [1.29, 1.82) is 0 Å². The van der Waals surface area contributed by atoms with Gasteiger partial charge in [0.05, 0.1) is 19.9 Å². The minimum Gasteiger partial charge on any atom is -0.497 e. The number of nitrogens with zero attached hydrogens (tertiary/aromatic N) is 2. The Labute approximate surface area is 145 Å². The highest BCUT2D eigenvalue weighted by atomic mass is 16.5. The molecule has 1 heterocycles. The van der Waals surface area contributed by atoms with Gasteiger partial charge < -0.3 is 14.2 Å². The Kier molecular flexibility index (Phi) is 4.99. The molecule has 0 saturated carbocycles. The number of carbonyl (C=O) groups is 1. The van der Waals surface area contributed by atoms with Crippen LogP contribution in [-0.2, 0) is 11.3 Å². The van der Waals surface area contributed by atoms with Crippen LogP contribution in [0.15, 0.2) is 60.9 Å². The number of esters is 1. The molecule has 0 bridgehead atoms. The molecule has 0 aliphatic carbocycles. The third kappa shape index (κ3) is 3.80. The summed E-state index contributed by atoms with van der Waals surface area (Å²) in [6, 6.07) is 14.5. The topological polar surface area (TPSA) is 62.6 Å². The zero-order chi connectivity index (χ0) is 17.6. The molecule has 1 aromatic heterocycles. The van der Waals surface area contributed by atoms with E-state index in [0.717, 1.165) is 11.3 Å². The Morgan fingerprint density at radius 1 is 1.08 bits per heavy atom. The predicted molar refractivity (Wildman–Crippen MR) is 92.2 cm³/mol. The molecule has 0 aliphatic heterocycles. The van der Waals surface area contributed by atoms with Gasteiger partial charge in [-0.25, -0.2) is 9.48 Å². The van der Waals surface area contributed by atoms with Gasteiger partial charge in [0, 0.05) is 18.5 Å². The number of rotatable bonds is 6. The minimum absolute atomic E-state index is 0.174. The highest BCUT2D eigenvalue weighted by Gasteiger charge is 2.15. The fourth-order valence-electron chi connectivity index (χ4n) is 2.36. The highest BCUT2D eigenvalue weighted by Crippen LogP contribution is 2.25. The lowest BCUT2D eigenvalue weighted by molar-refractivity contribution is 0.0469. The molecule has 0 aliphatic rings. The molecule has 0 fully saturated rings. The van der Waals surface area contributed by atoms with Crippen molar-refractivity contribution >= 4 is 5.97 Å². The lowest BCUT2D eigenvalue weighted by atomic mass is 10.2. The number of aromatic nitrogens is 2. The molecule has 0 spiro atoms. The van der Waals surface area contributed by atoms with E-state index in [2.05, 4.69) is 5.10 Å². The van der Waals surface area contributed by atoms with Crippen molar-refractivity contribution in [2.24, 2.45) is 0 Å². The van der Waals surface area contributed by atoms with Gasteiger partial charge in [0.15, 0.2) is 0 Å². The fraction of sp³-hybridized carbons (Fsp3) is 0.158. The van der Waals surface area contributed by atoms with E-state index in [9.17, 15) is 4.79 Å². The van der Waals surface area contributed by atoms with Crippen molar-refractivity contribution < 1.29 is 19.0 Å². The Balaban J connectivity index is 1.66. The maximum atomic E-state index is 12.3. The van der Waals surface area contributed by atoms with E-state index in [1.807, 2.05) is 36.5 Å². The Morgan fingerprint density at radius 3 is 2.52 bits per heavy atom. The second kappa shape index (κ2) is 7.53. The molecule has 0 amide bonds. The van der Waals surface area contributed by atoms with Gasteiger partial charge in [0.25, 0.3) is 0 Å². The summed E-state index contributed by atoms with van der Waals surface area (Å²) in [5, 5.41) is 4.17. The van der Waals surface area contributed by atoms with Crippen LogP contribution in [-0.4, -0.2) is 30.0 Å². The first-order valence-electron chi connectivity index (χ1n) is 7.69. The summed E-state index contributed by atoms with van der Waals surface area (Å²) in [7, 11) is 3.05. The zero-order valence-electron chi connectivity index (χ0n) is 14.0. The average Bonchev–Trinajstić information content (AvgIpc) is 3.20. The van der Waals surface area contributed by atoms with Crippen LogP contribution >= 0.6 is 0 Å². The molecule has 3 aromatic rings.